The van der Waals surface area contributed by atoms with Gasteiger partial charge in [0.1, 0.15) is 24.4 Å². The standard InChI is InChI=1S/C32H44N4O10S/c1-22(2)27-20-44-15-6-7-16-45-25-12-10-23(11-13-25)18-26(29(37)34-27)35-31(40)36-28(30(38)39)21-47(42,43)17-14-33-32(41)46-19-24-8-4-3-5-9-24/h3-5,8-13,22,26-28H,6-7,14-21H2,1-2H3,(H,33,41)(H,34,37)(H,38,39)(H2,35,36,40)/t26-,27-,28+/m1/s1. The lowest BCUT2D eigenvalue weighted by Crippen LogP contribution is -2.57. The number of fused-ring (bicyclic) bond motifs is 13. The highest BCUT2D eigenvalue weighted by molar-refractivity contribution is 7.91. The maximum Gasteiger partial charge on any atom is 0.407 e. The van der Waals surface area contributed by atoms with Crippen molar-refractivity contribution >= 4 is 33.8 Å². The molecule has 4 amide bonds. The first-order valence-corrected chi connectivity index (χ1v) is 17.3. The fourth-order valence-corrected chi connectivity index (χ4v) is 5.82. The minimum Gasteiger partial charge on any atom is -0.494 e. The Labute approximate surface area is 274 Å². The Balaban J connectivity index is 1.61. The molecule has 14 nitrogen and oxygen atoms in total. The molecule has 0 aliphatic carbocycles. The molecule has 5 N–H and O–H groups in total. The first-order chi connectivity index (χ1) is 22.4. The summed E-state index contributed by atoms with van der Waals surface area (Å²) < 4.78 is 42.0. The zero-order chi connectivity index (χ0) is 34.2. The maximum atomic E-state index is 13.4. The molecule has 2 aromatic carbocycles. The summed E-state index contributed by atoms with van der Waals surface area (Å²) in [6.45, 7) is 4.78. The van der Waals surface area contributed by atoms with Crippen molar-refractivity contribution in [1.82, 2.24) is 21.3 Å². The van der Waals surface area contributed by atoms with Crippen molar-refractivity contribution in [1.29, 1.82) is 0 Å². The van der Waals surface area contributed by atoms with E-state index in [1.807, 2.05) is 19.9 Å². The third kappa shape index (κ3) is 13.9. The summed E-state index contributed by atoms with van der Waals surface area (Å²) in [5.74, 6) is -2.98. The third-order valence-electron chi connectivity index (χ3n) is 7.29. The molecule has 0 spiro atoms. The average Bonchev–Trinajstić information content (AvgIpc) is 3.02. The van der Waals surface area contributed by atoms with Gasteiger partial charge in [-0.1, -0.05) is 56.3 Å². The smallest absolute Gasteiger partial charge is 0.407 e. The van der Waals surface area contributed by atoms with Gasteiger partial charge in [-0.15, -0.1) is 0 Å². The second kappa shape index (κ2) is 18.7. The molecular formula is C32H44N4O10S. The lowest BCUT2D eigenvalue weighted by Gasteiger charge is -2.26. The van der Waals surface area contributed by atoms with Gasteiger partial charge in [0.25, 0.3) is 0 Å². The van der Waals surface area contributed by atoms with E-state index in [0.29, 0.717) is 24.5 Å². The molecule has 0 unspecified atom stereocenters. The minimum absolute atomic E-state index is 0.00973. The second-order valence-electron chi connectivity index (χ2n) is 11.5. The van der Waals surface area contributed by atoms with Gasteiger partial charge in [-0.2, -0.15) is 0 Å². The van der Waals surface area contributed by atoms with Crippen LogP contribution >= 0.6 is 0 Å². The van der Waals surface area contributed by atoms with Crippen LogP contribution in [0.3, 0.4) is 0 Å². The number of rotatable bonds is 11. The van der Waals surface area contributed by atoms with Gasteiger partial charge in [-0.3, -0.25) is 4.79 Å². The van der Waals surface area contributed by atoms with E-state index in [1.54, 1.807) is 48.5 Å². The summed E-state index contributed by atoms with van der Waals surface area (Å²) in [5, 5.41) is 19.6. The molecule has 0 aromatic heterocycles. The summed E-state index contributed by atoms with van der Waals surface area (Å²) in [7, 11) is -4.06. The number of benzene rings is 2. The Bertz CT molecular complexity index is 1420. The number of urea groups is 1. The molecule has 0 radical (unpaired) electrons. The fourth-order valence-electron chi connectivity index (χ4n) is 4.51. The molecule has 0 saturated carbocycles. The quantitative estimate of drug-likeness (QED) is 0.235. The van der Waals surface area contributed by atoms with Gasteiger partial charge in [-0.25, -0.2) is 22.8 Å². The Morgan fingerprint density at radius 2 is 1.74 bits per heavy atom. The maximum absolute atomic E-state index is 13.4. The number of ether oxygens (including phenoxy) is 3. The van der Waals surface area contributed by atoms with E-state index in [4.69, 9.17) is 14.2 Å². The highest BCUT2D eigenvalue weighted by Gasteiger charge is 2.30. The summed E-state index contributed by atoms with van der Waals surface area (Å²) in [4.78, 5) is 50.3. The van der Waals surface area contributed by atoms with Crippen molar-refractivity contribution in [3.8, 4) is 5.75 Å². The predicted octanol–water partition coefficient (Wildman–Crippen LogP) is 2.02. The van der Waals surface area contributed by atoms with Crippen molar-refractivity contribution in [2.45, 2.75) is 57.8 Å². The molecule has 2 aliphatic heterocycles. The number of amides is 4. The van der Waals surface area contributed by atoms with Crippen LogP contribution in [0.1, 0.15) is 37.8 Å². The number of nitrogens with one attached hydrogen (secondary N) is 4. The van der Waals surface area contributed by atoms with Crippen molar-refractivity contribution in [3.63, 3.8) is 0 Å². The number of carboxylic acids is 1. The highest BCUT2D eigenvalue weighted by atomic mass is 32.2. The van der Waals surface area contributed by atoms with Gasteiger partial charge in [0, 0.05) is 19.6 Å². The summed E-state index contributed by atoms with van der Waals surface area (Å²) in [6, 6.07) is 11.6. The Morgan fingerprint density at radius 1 is 1.04 bits per heavy atom. The van der Waals surface area contributed by atoms with Crippen molar-refractivity contribution < 1.29 is 46.9 Å². The number of sulfone groups is 1. The Hall–Kier alpha value is -4.37. The molecule has 47 heavy (non-hydrogen) atoms. The number of alkyl carbamates (subject to hydrolysis) is 1. The molecule has 3 atom stereocenters. The van der Waals surface area contributed by atoms with E-state index in [0.717, 1.165) is 18.4 Å². The van der Waals surface area contributed by atoms with Gasteiger partial charge < -0.3 is 40.6 Å². The summed E-state index contributed by atoms with van der Waals surface area (Å²) in [5.41, 5.74) is 1.45. The lowest BCUT2D eigenvalue weighted by atomic mass is 10.0. The monoisotopic (exact) mass is 676 g/mol. The van der Waals surface area contributed by atoms with E-state index in [9.17, 15) is 32.7 Å². The number of carboxylic acid groups (broad SMARTS) is 1. The van der Waals surface area contributed by atoms with E-state index >= 15 is 0 Å². The van der Waals surface area contributed by atoms with E-state index in [-0.39, 0.29) is 38.1 Å². The largest absolute Gasteiger partial charge is 0.494 e. The van der Waals surface area contributed by atoms with Gasteiger partial charge >= 0.3 is 18.1 Å². The van der Waals surface area contributed by atoms with Gasteiger partial charge in [0.05, 0.1) is 30.8 Å². The fraction of sp³-hybridized carbons (Fsp3) is 0.500. The first-order valence-electron chi connectivity index (χ1n) is 15.5. The van der Waals surface area contributed by atoms with Crippen LogP contribution in [0, 0.1) is 5.92 Å². The van der Waals surface area contributed by atoms with Crippen LogP contribution < -0.4 is 26.0 Å². The summed E-state index contributed by atoms with van der Waals surface area (Å²) in [6.07, 6.45) is 0.811. The topological polar surface area (TPSA) is 198 Å². The average molecular weight is 677 g/mol. The van der Waals surface area contributed by atoms with Crippen molar-refractivity contribution in [3.05, 3.63) is 65.7 Å². The third-order valence-corrected chi connectivity index (χ3v) is 8.95. The van der Waals surface area contributed by atoms with Crippen LogP contribution in [0.15, 0.2) is 54.6 Å². The van der Waals surface area contributed by atoms with Gasteiger partial charge in [0.2, 0.25) is 5.91 Å². The number of hydrogen-bond donors (Lipinski definition) is 5. The van der Waals surface area contributed by atoms with Crippen LogP contribution in [0.5, 0.6) is 5.75 Å². The SMILES string of the molecule is CC(C)[C@H]1COCCCCOc2ccc(cc2)C[C@@H](NC(=O)N[C@@H](CS(=O)(=O)CCNC(=O)OCc2ccccc2)C(=O)O)C(=O)N1. The van der Waals surface area contributed by atoms with Crippen LogP contribution in [0.2, 0.25) is 0 Å². The molecule has 2 aliphatic rings. The van der Waals surface area contributed by atoms with E-state index in [2.05, 4.69) is 21.3 Å². The molecule has 258 valence electrons. The molecule has 2 bridgehead atoms. The van der Waals surface area contributed by atoms with Gasteiger partial charge in [0.15, 0.2) is 9.84 Å². The molecule has 0 fully saturated rings. The number of carbonyl (C=O) groups excluding carboxylic acids is 3. The van der Waals surface area contributed by atoms with Gasteiger partial charge in [-0.05, 0) is 42.0 Å². The zero-order valence-corrected chi connectivity index (χ0v) is 27.4. The molecule has 2 aromatic rings. The second-order valence-corrected chi connectivity index (χ2v) is 13.7. The Kier molecular flexibility index (Phi) is 14.8. The van der Waals surface area contributed by atoms with Crippen molar-refractivity contribution in [2.24, 2.45) is 5.92 Å². The molecule has 4 rings (SSSR count). The van der Waals surface area contributed by atoms with Crippen molar-refractivity contribution in [2.75, 3.05) is 37.9 Å². The highest BCUT2D eigenvalue weighted by Crippen LogP contribution is 2.15. The van der Waals surface area contributed by atoms with Crippen LogP contribution in [-0.4, -0.2) is 93.5 Å². The number of hydrogen-bond acceptors (Lipinski definition) is 9. The molecule has 15 heteroatoms. The Morgan fingerprint density at radius 3 is 2.43 bits per heavy atom. The van der Waals surface area contributed by atoms with Crippen LogP contribution in [0.4, 0.5) is 9.59 Å². The lowest BCUT2D eigenvalue weighted by molar-refractivity contribution is -0.138. The van der Waals surface area contributed by atoms with Crippen LogP contribution in [-0.2, 0) is 41.9 Å². The molecular weight excluding hydrogens is 632 g/mol. The minimum atomic E-state index is -4.06. The van der Waals surface area contributed by atoms with Crippen LogP contribution in [0.25, 0.3) is 0 Å². The summed E-state index contributed by atoms with van der Waals surface area (Å²) >= 11 is 0. The normalized spacial score (nSPS) is 18.3. The van der Waals surface area contributed by atoms with E-state index < -0.39 is 57.4 Å². The zero-order valence-electron chi connectivity index (χ0n) is 26.6. The number of carbonyl (C=O) groups is 4. The first kappa shape index (κ1) is 37.1. The number of aliphatic carboxylic acids is 1. The molecule has 0 saturated heterocycles. The predicted molar refractivity (Wildman–Crippen MR) is 173 cm³/mol. The molecule has 2 heterocycles. The van der Waals surface area contributed by atoms with E-state index in [1.165, 1.54) is 0 Å².